The normalized spacial score (nSPS) is 10.5. The molecule has 2 aromatic heterocycles. The molecule has 144 valence electrons. The van der Waals surface area contributed by atoms with Crippen LogP contribution in [0.25, 0.3) is 10.8 Å². The summed E-state index contributed by atoms with van der Waals surface area (Å²) in [5.41, 5.74) is 13.2. The third kappa shape index (κ3) is 3.91. The largest absolute Gasteiger partial charge is 0.393 e. The van der Waals surface area contributed by atoms with Gasteiger partial charge in [0.1, 0.15) is 17.8 Å². The van der Waals surface area contributed by atoms with Crippen molar-refractivity contribution >= 4 is 39.8 Å². The molecule has 4 aromatic rings. The second kappa shape index (κ2) is 7.81. The van der Waals surface area contributed by atoms with E-state index < -0.39 is 0 Å². The van der Waals surface area contributed by atoms with Gasteiger partial charge in [-0.1, -0.05) is 42.5 Å². The van der Waals surface area contributed by atoms with E-state index in [1.807, 2.05) is 61.5 Å². The van der Waals surface area contributed by atoms with Crippen LogP contribution < -0.4 is 21.9 Å². The summed E-state index contributed by atoms with van der Waals surface area (Å²) in [5, 5.41) is 4.90. The monoisotopic (exact) mass is 385 g/mol. The molecule has 0 radical (unpaired) electrons. The predicted octanol–water partition coefficient (Wildman–Crippen LogP) is 3.42. The van der Waals surface area contributed by atoms with E-state index in [0.29, 0.717) is 17.2 Å². The molecule has 4 rings (SSSR count). The van der Waals surface area contributed by atoms with Gasteiger partial charge in [0, 0.05) is 11.3 Å². The van der Waals surface area contributed by atoms with Crippen molar-refractivity contribution in [2.45, 2.75) is 6.92 Å². The van der Waals surface area contributed by atoms with Gasteiger partial charge in [0.05, 0.1) is 0 Å². The second-order valence-corrected chi connectivity index (χ2v) is 6.38. The van der Waals surface area contributed by atoms with Crippen LogP contribution in [0, 0.1) is 6.92 Å². The molecule has 2 heterocycles. The molecule has 1 amide bonds. The number of benzene rings is 2. The van der Waals surface area contributed by atoms with Crippen LogP contribution in [0.15, 0.2) is 67.0 Å². The third-order valence-electron chi connectivity index (χ3n) is 4.35. The van der Waals surface area contributed by atoms with Gasteiger partial charge in [-0.3, -0.25) is 15.6 Å². The number of aromatic nitrogens is 3. The highest BCUT2D eigenvalue weighted by Gasteiger charge is 2.12. The summed E-state index contributed by atoms with van der Waals surface area (Å²) in [4.78, 5) is 25.3. The van der Waals surface area contributed by atoms with Gasteiger partial charge >= 0.3 is 0 Å². The van der Waals surface area contributed by atoms with E-state index in [9.17, 15) is 4.79 Å². The van der Waals surface area contributed by atoms with E-state index in [1.165, 1.54) is 6.33 Å². The van der Waals surface area contributed by atoms with Crippen LogP contribution in [0.2, 0.25) is 0 Å². The van der Waals surface area contributed by atoms with Crippen LogP contribution in [0.5, 0.6) is 0 Å². The number of pyridine rings is 1. The molecule has 0 aliphatic carbocycles. The number of nitrogen functional groups attached to an aromatic ring is 1. The molecule has 5 N–H and O–H groups in total. The van der Waals surface area contributed by atoms with Gasteiger partial charge in [-0.15, -0.1) is 0 Å². The summed E-state index contributed by atoms with van der Waals surface area (Å²) in [5.74, 6) is 0.986. The Morgan fingerprint density at radius 1 is 0.931 bits per heavy atom. The summed E-state index contributed by atoms with van der Waals surface area (Å²) in [6.07, 6.45) is 1.35. The smallest absolute Gasteiger partial charge is 0.270 e. The first-order valence-electron chi connectivity index (χ1n) is 8.97. The highest BCUT2D eigenvalue weighted by molar-refractivity contribution is 6.07. The first-order valence-corrected chi connectivity index (χ1v) is 8.97. The number of carbonyl (C=O) groups excluding carboxylic acids is 1. The van der Waals surface area contributed by atoms with Crippen LogP contribution in [0.1, 0.15) is 16.1 Å². The first-order chi connectivity index (χ1) is 14.1. The highest BCUT2D eigenvalue weighted by atomic mass is 16.2. The molecule has 0 aliphatic rings. The van der Waals surface area contributed by atoms with E-state index in [4.69, 9.17) is 5.73 Å². The van der Waals surface area contributed by atoms with Crippen LogP contribution in [-0.4, -0.2) is 20.9 Å². The summed E-state index contributed by atoms with van der Waals surface area (Å²) >= 11 is 0. The standard InChI is InChI=1S/C21H19N7O/c1-13-6-4-11-17(25-13)26-19-18(22)20(24-12-23-19)27-28-21(29)16-10-5-8-14-7-2-3-9-15(14)16/h2-12H,22H2,1H3,(H,28,29)(H2,23,24,25,26,27). The van der Waals surface area contributed by atoms with Crippen molar-refractivity contribution in [3.63, 3.8) is 0 Å². The number of nitrogens with zero attached hydrogens (tertiary/aromatic N) is 3. The summed E-state index contributed by atoms with van der Waals surface area (Å²) in [6, 6.07) is 18.8. The number of amides is 1. The number of fused-ring (bicyclic) bond motifs is 1. The predicted molar refractivity (Wildman–Crippen MR) is 114 cm³/mol. The van der Waals surface area contributed by atoms with E-state index in [1.54, 1.807) is 6.07 Å². The topological polar surface area (TPSA) is 118 Å². The zero-order chi connectivity index (χ0) is 20.2. The maximum Gasteiger partial charge on any atom is 0.270 e. The molecule has 0 aliphatic heterocycles. The molecule has 8 heteroatoms. The number of hydrazine groups is 1. The highest BCUT2D eigenvalue weighted by Crippen LogP contribution is 2.25. The molecule has 0 saturated heterocycles. The molecular weight excluding hydrogens is 366 g/mol. The lowest BCUT2D eigenvalue weighted by Crippen LogP contribution is -2.30. The van der Waals surface area contributed by atoms with Crippen molar-refractivity contribution in [2.24, 2.45) is 0 Å². The third-order valence-corrected chi connectivity index (χ3v) is 4.35. The Bertz CT molecular complexity index is 1190. The number of aryl methyl sites for hydroxylation is 1. The average molecular weight is 385 g/mol. The molecule has 2 aromatic carbocycles. The minimum atomic E-state index is -0.297. The van der Waals surface area contributed by atoms with Crippen molar-refractivity contribution in [2.75, 3.05) is 16.5 Å². The molecular formula is C21H19N7O. The average Bonchev–Trinajstić information content (AvgIpc) is 2.74. The van der Waals surface area contributed by atoms with Crippen molar-refractivity contribution < 1.29 is 4.79 Å². The zero-order valence-electron chi connectivity index (χ0n) is 15.7. The zero-order valence-corrected chi connectivity index (χ0v) is 15.7. The molecule has 0 atom stereocenters. The fraction of sp³-hybridized carbons (Fsp3) is 0.0476. The van der Waals surface area contributed by atoms with Gasteiger partial charge in [-0.2, -0.15) is 0 Å². The fourth-order valence-electron chi connectivity index (χ4n) is 2.94. The van der Waals surface area contributed by atoms with Gasteiger partial charge in [-0.25, -0.2) is 15.0 Å². The lowest BCUT2D eigenvalue weighted by Gasteiger charge is -2.13. The van der Waals surface area contributed by atoms with Gasteiger partial charge in [0.2, 0.25) is 0 Å². The van der Waals surface area contributed by atoms with Gasteiger partial charge in [0.15, 0.2) is 11.6 Å². The number of carbonyl (C=O) groups is 1. The molecule has 0 unspecified atom stereocenters. The Labute approximate surface area is 167 Å². The van der Waals surface area contributed by atoms with E-state index in [-0.39, 0.29) is 17.4 Å². The molecule has 0 fully saturated rings. The number of hydrogen-bond donors (Lipinski definition) is 4. The Morgan fingerprint density at radius 3 is 2.55 bits per heavy atom. The Hall–Kier alpha value is -4.20. The van der Waals surface area contributed by atoms with Crippen LogP contribution in [0.4, 0.5) is 23.1 Å². The maximum absolute atomic E-state index is 12.7. The number of rotatable bonds is 5. The minimum absolute atomic E-state index is 0.258. The van der Waals surface area contributed by atoms with Crippen LogP contribution >= 0.6 is 0 Å². The Morgan fingerprint density at radius 2 is 1.69 bits per heavy atom. The Balaban J connectivity index is 1.52. The number of nitrogens with two attached hydrogens (primary N) is 1. The lowest BCUT2D eigenvalue weighted by atomic mass is 10.0. The fourth-order valence-corrected chi connectivity index (χ4v) is 2.94. The van der Waals surface area contributed by atoms with Crippen molar-refractivity contribution in [1.29, 1.82) is 0 Å². The van der Waals surface area contributed by atoms with Gasteiger partial charge in [0.25, 0.3) is 5.91 Å². The number of hydrogen-bond acceptors (Lipinski definition) is 7. The van der Waals surface area contributed by atoms with Crippen LogP contribution in [-0.2, 0) is 0 Å². The molecule has 0 spiro atoms. The molecule has 0 bridgehead atoms. The SMILES string of the molecule is Cc1cccc(Nc2ncnc(NNC(=O)c3cccc4ccccc34)c2N)n1. The van der Waals surface area contributed by atoms with E-state index in [2.05, 4.69) is 31.1 Å². The first kappa shape index (κ1) is 18.2. The van der Waals surface area contributed by atoms with E-state index in [0.717, 1.165) is 16.5 Å². The quantitative estimate of drug-likeness (QED) is 0.389. The van der Waals surface area contributed by atoms with Crippen molar-refractivity contribution in [3.8, 4) is 0 Å². The molecule has 0 saturated carbocycles. The lowest BCUT2D eigenvalue weighted by molar-refractivity contribution is 0.0964. The summed E-state index contributed by atoms with van der Waals surface area (Å²) in [6.45, 7) is 1.89. The maximum atomic E-state index is 12.7. The summed E-state index contributed by atoms with van der Waals surface area (Å²) < 4.78 is 0. The number of anilines is 4. The minimum Gasteiger partial charge on any atom is -0.393 e. The molecule has 29 heavy (non-hydrogen) atoms. The van der Waals surface area contributed by atoms with Gasteiger partial charge < -0.3 is 11.1 Å². The van der Waals surface area contributed by atoms with E-state index >= 15 is 0 Å². The second-order valence-electron chi connectivity index (χ2n) is 6.38. The van der Waals surface area contributed by atoms with Gasteiger partial charge in [-0.05, 0) is 35.9 Å². The van der Waals surface area contributed by atoms with Crippen molar-refractivity contribution in [3.05, 3.63) is 78.2 Å². The Kier molecular flexibility index (Phi) is 4.90. The van der Waals surface area contributed by atoms with Crippen molar-refractivity contribution in [1.82, 2.24) is 20.4 Å². The summed E-state index contributed by atoms with van der Waals surface area (Å²) in [7, 11) is 0. The number of nitrogens with one attached hydrogen (secondary N) is 3. The van der Waals surface area contributed by atoms with Crippen LogP contribution in [0.3, 0.4) is 0 Å². The molecule has 8 nitrogen and oxygen atoms in total.